The van der Waals surface area contributed by atoms with Crippen LogP contribution in [0.15, 0.2) is 18.2 Å². The molecule has 1 atom stereocenters. The standard InChI is InChI=1S/C13H14FNO3/c1-8-10(14)4-3-5-11(8)15-7-9(6-12(15)16)13(17)18-2/h3-5,9H,6-7H2,1-2H3. The van der Waals surface area contributed by atoms with Crippen molar-refractivity contribution in [1.29, 1.82) is 0 Å². The van der Waals surface area contributed by atoms with Crippen molar-refractivity contribution < 1.29 is 18.7 Å². The first-order chi connectivity index (χ1) is 8.54. The van der Waals surface area contributed by atoms with Crippen LogP contribution in [-0.4, -0.2) is 25.5 Å². The molecule has 2 rings (SSSR count). The molecule has 0 spiro atoms. The molecule has 0 radical (unpaired) electrons. The molecule has 0 N–H and O–H groups in total. The van der Waals surface area contributed by atoms with Crippen molar-refractivity contribution >= 4 is 17.6 Å². The molecule has 1 aliphatic rings. The van der Waals surface area contributed by atoms with Gasteiger partial charge in [0.2, 0.25) is 5.91 Å². The van der Waals surface area contributed by atoms with Crippen LogP contribution in [0.2, 0.25) is 0 Å². The van der Waals surface area contributed by atoms with E-state index in [1.54, 1.807) is 19.1 Å². The Balaban J connectivity index is 2.27. The molecule has 0 aliphatic carbocycles. The molecule has 18 heavy (non-hydrogen) atoms. The number of nitrogens with zero attached hydrogens (tertiary/aromatic N) is 1. The third-order valence-corrected chi connectivity index (χ3v) is 3.19. The summed E-state index contributed by atoms with van der Waals surface area (Å²) in [5.74, 6) is -1.41. The first-order valence-corrected chi connectivity index (χ1v) is 5.68. The van der Waals surface area contributed by atoms with E-state index in [4.69, 9.17) is 0 Å². The van der Waals surface area contributed by atoms with Gasteiger partial charge in [-0.2, -0.15) is 0 Å². The van der Waals surface area contributed by atoms with Gasteiger partial charge in [0.25, 0.3) is 0 Å². The molecule has 1 amide bonds. The maximum absolute atomic E-state index is 13.5. The van der Waals surface area contributed by atoms with Crippen LogP contribution in [-0.2, 0) is 14.3 Å². The Morgan fingerprint density at radius 3 is 2.89 bits per heavy atom. The van der Waals surface area contributed by atoms with Gasteiger partial charge in [-0.25, -0.2) is 4.39 Å². The lowest BCUT2D eigenvalue weighted by molar-refractivity contribution is -0.145. The SMILES string of the molecule is COC(=O)C1CC(=O)N(c2cccc(F)c2C)C1. The fourth-order valence-electron chi connectivity index (χ4n) is 2.15. The number of halogens is 1. The summed E-state index contributed by atoms with van der Waals surface area (Å²) in [4.78, 5) is 24.7. The van der Waals surface area contributed by atoms with Crippen molar-refractivity contribution in [3.63, 3.8) is 0 Å². The highest BCUT2D eigenvalue weighted by atomic mass is 19.1. The average molecular weight is 251 g/mol. The van der Waals surface area contributed by atoms with E-state index in [1.807, 2.05) is 0 Å². The quantitative estimate of drug-likeness (QED) is 0.751. The second-order valence-electron chi connectivity index (χ2n) is 4.31. The first-order valence-electron chi connectivity index (χ1n) is 5.68. The zero-order valence-corrected chi connectivity index (χ0v) is 10.3. The Morgan fingerprint density at radius 2 is 2.22 bits per heavy atom. The number of anilines is 1. The highest BCUT2D eigenvalue weighted by Gasteiger charge is 2.36. The zero-order chi connectivity index (χ0) is 13.3. The number of carbonyl (C=O) groups excluding carboxylic acids is 2. The topological polar surface area (TPSA) is 46.6 Å². The van der Waals surface area contributed by atoms with Gasteiger partial charge in [0, 0.05) is 24.2 Å². The monoisotopic (exact) mass is 251 g/mol. The van der Waals surface area contributed by atoms with Gasteiger partial charge in [0.05, 0.1) is 13.0 Å². The molecule has 0 bridgehead atoms. The lowest BCUT2D eigenvalue weighted by Crippen LogP contribution is -2.27. The van der Waals surface area contributed by atoms with Crippen molar-refractivity contribution in [1.82, 2.24) is 0 Å². The third-order valence-electron chi connectivity index (χ3n) is 3.19. The number of amides is 1. The van der Waals surface area contributed by atoms with Gasteiger partial charge < -0.3 is 9.64 Å². The third kappa shape index (κ3) is 2.08. The Labute approximate surface area is 104 Å². The molecular formula is C13H14FNO3. The van der Waals surface area contributed by atoms with E-state index in [-0.39, 0.29) is 24.7 Å². The number of rotatable bonds is 2. The van der Waals surface area contributed by atoms with Crippen LogP contribution in [0.3, 0.4) is 0 Å². The molecule has 5 heteroatoms. The Morgan fingerprint density at radius 1 is 1.50 bits per heavy atom. The smallest absolute Gasteiger partial charge is 0.311 e. The molecule has 1 aromatic carbocycles. The van der Waals surface area contributed by atoms with Crippen molar-refractivity contribution in [2.24, 2.45) is 5.92 Å². The van der Waals surface area contributed by atoms with E-state index >= 15 is 0 Å². The van der Waals surface area contributed by atoms with Crippen LogP contribution >= 0.6 is 0 Å². The lowest BCUT2D eigenvalue weighted by atomic mass is 10.1. The number of hydrogen-bond donors (Lipinski definition) is 0. The minimum atomic E-state index is -0.467. The van der Waals surface area contributed by atoms with Gasteiger partial charge in [0.1, 0.15) is 5.82 Å². The summed E-state index contributed by atoms with van der Waals surface area (Å²) in [5, 5.41) is 0. The van der Waals surface area contributed by atoms with E-state index in [0.29, 0.717) is 11.3 Å². The van der Waals surface area contributed by atoms with Crippen LogP contribution in [0.4, 0.5) is 10.1 Å². The van der Waals surface area contributed by atoms with Crippen molar-refractivity contribution in [3.8, 4) is 0 Å². The molecule has 1 aromatic rings. The van der Waals surface area contributed by atoms with Crippen molar-refractivity contribution in [2.75, 3.05) is 18.6 Å². The summed E-state index contributed by atoms with van der Waals surface area (Å²) in [6.45, 7) is 1.86. The summed E-state index contributed by atoms with van der Waals surface area (Å²) in [7, 11) is 1.29. The van der Waals surface area contributed by atoms with Crippen molar-refractivity contribution in [2.45, 2.75) is 13.3 Å². The molecule has 1 unspecified atom stereocenters. The summed E-state index contributed by atoms with van der Waals surface area (Å²) < 4.78 is 18.1. The van der Waals surface area contributed by atoms with E-state index in [0.717, 1.165) is 0 Å². The number of carbonyl (C=O) groups is 2. The zero-order valence-electron chi connectivity index (χ0n) is 10.3. The molecule has 0 saturated carbocycles. The van der Waals surface area contributed by atoms with Crippen molar-refractivity contribution in [3.05, 3.63) is 29.6 Å². The maximum atomic E-state index is 13.5. The fourth-order valence-corrected chi connectivity index (χ4v) is 2.15. The molecular weight excluding hydrogens is 237 g/mol. The Bertz CT molecular complexity index is 501. The minimum Gasteiger partial charge on any atom is -0.469 e. The van der Waals surface area contributed by atoms with Gasteiger partial charge in [0.15, 0.2) is 0 Å². The van der Waals surface area contributed by atoms with Crippen LogP contribution in [0.1, 0.15) is 12.0 Å². The largest absolute Gasteiger partial charge is 0.469 e. The van der Waals surface area contributed by atoms with E-state index < -0.39 is 11.9 Å². The highest BCUT2D eigenvalue weighted by molar-refractivity contribution is 5.99. The summed E-state index contributed by atoms with van der Waals surface area (Å²) >= 11 is 0. The predicted molar refractivity (Wildman–Crippen MR) is 63.6 cm³/mol. The van der Waals surface area contributed by atoms with Gasteiger partial charge in [-0.15, -0.1) is 0 Å². The van der Waals surface area contributed by atoms with Crippen LogP contribution in [0.25, 0.3) is 0 Å². The molecule has 96 valence electrons. The maximum Gasteiger partial charge on any atom is 0.311 e. The van der Waals surface area contributed by atoms with Gasteiger partial charge in [-0.1, -0.05) is 6.07 Å². The lowest BCUT2D eigenvalue weighted by Gasteiger charge is -2.19. The fraction of sp³-hybridized carbons (Fsp3) is 0.385. The summed E-state index contributed by atoms with van der Waals surface area (Å²) in [5.41, 5.74) is 0.933. The van der Waals surface area contributed by atoms with Crippen LogP contribution in [0.5, 0.6) is 0 Å². The minimum absolute atomic E-state index is 0.114. The van der Waals surface area contributed by atoms with E-state index in [9.17, 15) is 14.0 Å². The van der Waals surface area contributed by atoms with Crippen LogP contribution < -0.4 is 4.90 Å². The Hall–Kier alpha value is -1.91. The number of hydrogen-bond acceptors (Lipinski definition) is 3. The second-order valence-corrected chi connectivity index (χ2v) is 4.31. The highest BCUT2D eigenvalue weighted by Crippen LogP contribution is 2.29. The summed E-state index contributed by atoms with van der Waals surface area (Å²) in [6, 6.07) is 4.57. The second kappa shape index (κ2) is 4.76. The number of methoxy groups -OCH3 is 1. The van der Waals surface area contributed by atoms with E-state index in [1.165, 1.54) is 18.1 Å². The van der Waals surface area contributed by atoms with Crippen LogP contribution in [0, 0.1) is 18.7 Å². The molecule has 1 aliphatic heterocycles. The van der Waals surface area contributed by atoms with Gasteiger partial charge in [-0.05, 0) is 19.1 Å². The molecule has 1 fully saturated rings. The molecule has 1 saturated heterocycles. The number of esters is 1. The first kappa shape index (κ1) is 12.5. The normalized spacial score (nSPS) is 19.2. The predicted octanol–water partition coefficient (Wildman–Crippen LogP) is 1.66. The number of benzene rings is 1. The molecule has 4 nitrogen and oxygen atoms in total. The molecule has 0 aromatic heterocycles. The summed E-state index contributed by atoms with van der Waals surface area (Å²) in [6.07, 6.45) is 0.114. The van der Waals surface area contributed by atoms with E-state index in [2.05, 4.69) is 4.74 Å². The van der Waals surface area contributed by atoms with Gasteiger partial charge in [-0.3, -0.25) is 9.59 Å². The average Bonchev–Trinajstić information content (AvgIpc) is 2.74. The molecule has 1 heterocycles. The number of ether oxygens (including phenoxy) is 1. The Kier molecular flexibility index (Phi) is 3.32. The van der Waals surface area contributed by atoms with Gasteiger partial charge >= 0.3 is 5.97 Å².